The van der Waals surface area contributed by atoms with E-state index in [1.54, 1.807) is 24.1 Å². The van der Waals surface area contributed by atoms with Crippen molar-refractivity contribution >= 4 is 17.3 Å². The fraction of sp³-hybridized carbons (Fsp3) is 0.250. The molecule has 2 rings (SSSR count). The lowest BCUT2D eigenvalue weighted by atomic mass is 10.1. The quantitative estimate of drug-likeness (QED) is 0.596. The standard InChI is InChI=1S/C12H14N6O3/c1-13-10-3-2-9(8-11(10)18(20)21)12(19)14-4-6-17-7-5-15-16-17/h2-3,5,7-8,13H,4,6H2,1H3,(H,14,19). The Hall–Kier alpha value is -2.97. The second kappa shape index (κ2) is 6.46. The van der Waals surface area contributed by atoms with Crippen molar-refractivity contribution in [2.45, 2.75) is 6.54 Å². The molecule has 2 aromatic rings. The smallest absolute Gasteiger partial charge is 0.293 e. The van der Waals surface area contributed by atoms with Gasteiger partial charge < -0.3 is 10.6 Å². The number of carbonyl (C=O) groups is 1. The lowest BCUT2D eigenvalue weighted by Gasteiger charge is -2.07. The van der Waals surface area contributed by atoms with Gasteiger partial charge in [-0.3, -0.25) is 19.6 Å². The summed E-state index contributed by atoms with van der Waals surface area (Å²) < 4.78 is 1.58. The number of anilines is 1. The summed E-state index contributed by atoms with van der Waals surface area (Å²) in [6.07, 6.45) is 3.22. The molecule has 1 heterocycles. The van der Waals surface area contributed by atoms with E-state index in [-0.39, 0.29) is 17.2 Å². The van der Waals surface area contributed by atoms with E-state index in [2.05, 4.69) is 20.9 Å². The Morgan fingerprint density at radius 2 is 2.29 bits per heavy atom. The van der Waals surface area contributed by atoms with Crippen molar-refractivity contribution < 1.29 is 9.72 Å². The molecule has 0 saturated heterocycles. The molecule has 1 aromatic heterocycles. The monoisotopic (exact) mass is 290 g/mol. The first-order valence-electron chi connectivity index (χ1n) is 6.20. The van der Waals surface area contributed by atoms with Crippen molar-refractivity contribution in [3.8, 4) is 0 Å². The molecule has 0 bridgehead atoms. The summed E-state index contributed by atoms with van der Waals surface area (Å²) >= 11 is 0. The van der Waals surface area contributed by atoms with Crippen LogP contribution in [0, 0.1) is 10.1 Å². The fourth-order valence-corrected chi connectivity index (χ4v) is 1.77. The number of aromatic nitrogens is 3. The number of hydrogen-bond donors (Lipinski definition) is 2. The van der Waals surface area contributed by atoms with Crippen LogP contribution in [-0.2, 0) is 6.54 Å². The third-order valence-electron chi connectivity index (χ3n) is 2.82. The fourth-order valence-electron chi connectivity index (χ4n) is 1.77. The van der Waals surface area contributed by atoms with Crippen LogP contribution in [0.2, 0.25) is 0 Å². The van der Waals surface area contributed by atoms with Crippen LogP contribution >= 0.6 is 0 Å². The largest absolute Gasteiger partial charge is 0.383 e. The van der Waals surface area contributed by atoms with E-state index in [4.69, 9.17) is 0 Å². The van der Waals surface area contributed by atoms with Gasteiger partial charge in [0.2, 0.25) is 0 Å². The van der Waals surface area contributed by atoms with Gasteiger partial charge in [0.05, 0.1) is 17.7 Å². The maximum Gasteiger partial charge on any atom is 0.293 e. The molecule has 0 atom stereocenters. The van der Waals surface area contributed by atoms with Gasteiger partial charge in [0, 0.05) is 31.4 Å². The maximum absolute atomic E-state index is 11.9. The zero-order valence-electron chi connectivity index (χ0n) is 11.3. The topological polar surface area (TPSA) is 115 Å². The number of hydrogen-bond acceptors (Lipinski definition) is 6. The van der Waals surface area contributed by atoms with Crippen molar-refractivity contribution in [1.82, 2.24) is 20.3 Å². The van der Waals surface area contributed by atoms with Crippen LogP contribution in [0.4, 0.5) is 11.4 Å². The van der Waals surface area contributed by atoms with Gasteiger partial charge in [-0.05, 0) is 12.1 Å². The van der Waals surface area contributed by atoms with E-state index in [0.29, 0.717) is 18.8 Å². The highest BCUT2D eigenvalue weighted by atomic mass is 16.6. The second-order valence-electron chi connectivity index (χ2n) is 4.16. The first-order chi connectivity index (χ1) is 10.1. The summed E-state index contributed by atoms with van der Waals surface area (Å²) in [6, 6.07) is 4.28. The maximum atomic E-state index is 11.9. The number of rotatable bonds is 6. The van der Waals surface area contributed by atoms with E-state index in [1.807, 2.05) is 0 Å². The van der Waals surface area contributed by atoms with E-state index < -0.39 is 4.92 Å². The van der Waals surface area contributed by atoms with E-state index in [0.717, 1.165) is 0 Å². The summed E-state index contributed by atoms with van der Waals surface area (Å²) in [6.45, 7) is 0.826. The Balaban J connectivity index is 2.01. The summed E-state index contributed by atoms with van der Waals surface area (Å²) in [4.78, 5) is 22.4. The average molecular weight is 290 g/mol. The number of nitro benzene ring substituents is 1. The Bertz CT molecular complexity index is 640. The second-order valence-corrected chi connectivity index (χ2v) is 4.16. The Morgan fingerprint density at radius 1 is 1.48 bits per heavy atom. The van der Waals surface area contributed by atoms with Crippen LogP contribution in [0.5, 0.6) is 0 Å². The number of amides is 1. The van der Waals surface area contributed by atoms with Gasteiger partial charge in [-0.15, -0.1) is 5.10 Å². The summed E-state index contributed by atoms with van der Waals surface area (Å²) in [5, 5.41) is 23.7. The molecule has 2 N–H and O–H groups in total. The highest BCUT2D eigenvalue weighted by Gasteiger charge is 2.16. The van der Waals surface area contributed by atoms with Crippen molar-refractivity contribution in [3.05, 3.63) is 46.3 Å². The van der Waals surface area contributed by atoms with Crippen molar-refractivity contribution in [2.75, 3.05) is 18.9 Å². The molecule has 1 aromatic carbocycles. The number of benzene rings is 1. The molecule has 0 aliphatic rings. The highest BCUT2D eigenvalue weighted by Crippen LogP contribution is 2.24. The van der Waals surface area contributed by atoms with Crippen molar-refractivity contribution in [1.29, 1.82) is 0 Å². The third-order valence-corrected chi connectivity index (χ3v) is 2.82. The molecule has 0 radical (unpaired) electrons. The molecule has 21 heavy (non-hydrogen) atoms. The lowest BCUT2D eigenvalue weighted by molar-refractivity contribution is -0.384. The van der Waals surface area contributed by atoms with Gasteiger partial charge in [0.25, 0.3) is 11.6 Å². The molecule has 9 nitrogen and oxygen atoms in total. The van der Waals surface area contributed by atoms with Gasteiger partial charge in [-0.25, -0.2) is 0 Å². The lowest BCUT2D eigenvalue weighted by Crippen LogP contribution is -2.27. The van der Waals surface area contributed by atoms with E-state index in [1.165, 1.54) is 18.2 Å². The Morgan fingerprint density at radius 3 is 2.90 bits per heavy atom. The van der Waals surface area contributed by atoms with E-state index >= 15 is 0 Å². The van der Waals surface area contributed by atoms with Gasteiger partial charge in [0.15, 0.2) is 0 Å². The normalized spacial score (nSPS) is 10.1. The number of nitrogens with zero attached hydrogens (tertiary/aromatic N) is 4. The highest BCUT2D eigenvalue weighted by molar-refractivity contribution is 5.95. The molecular formula is C12H14N6O3. The van der Waals surface area contributed by atoms with E-state index in [9.17, 15) is 14.9 Å². The molecule has 0 saturated carbocycles. The zero-order chi connectivity index (χ0) is 15.2. The summed E-state index contributed by atoms with van der Waals surface area (Å²) in [5.41, 5.74) is 0.458. The molecule has 0 fully saturated rings. The summed E-state index contributed by atoms with van der Waals surface area (Å²) in [7, 11) is 1.58. The summed E-state index contributed by atoms with van der Waals surface area (Å²) in [5.74, 6) is -0.374. The Kier molecular flexibility index (Phi) is 4.44. The minimum Gasteiger partial charge on any atom is -0.383 e. The predicted molar refractivity (Wildman–Crippen MR) is 75.0 cm³/mol. The molecule has 0 aliphatic carbocycles. The van der Waals surface area contributed by atoms with Crippen molar-refractivity contribution in [2.24, 2.45) is 0 Å². The third kappa shape index (κ3) is 3.53. The number of nitrogens with one attached hydrogen (secondary N) is 2. The predicted octanol–water partition coefficient (Wildman–Crippen LogP) is 0.658. The van der Waals surface area contributed by atoms with Crippen LogP contribution in [0.1, 0.15) is 10.4 Å². The van der Waals surface area contributed by atoms with Gasteiger partial charge in [-0.2, -0.15) is 0 Å². The van der Waals surface area contributed by atoms with Crippen LogP contribution in [-0.4, -0.2) is 39.4 Å². The zero-order valence-corrected chi connectivity index (χ0v) is 11.3. The van der Waals surface area contributed by atoms with Crippen LogP contribution in [0.15, 0.2) is 30.6 Å². The number of nitro groups is 1. The molecule has 0 unspecified atom stereocenters. The van der Waals surface area contributed by atoms with Gasteiger partial charge in [-0.1, -0.05) is 5.21 Å². The van der Waals surface area contributed by atoms with Crippen molar-refractivity contribution in [3.63, 3.8) is 0 Å². The van der Waals surface area contributed by atoms with Crippen LogP contribution in [0.25, 0.3) is 0 Å². The molecule has 1 amide bonds. The van der Waals surface area contributed by atoms with Gasteiger partial charge in [0.1, 0.15) is 5.69 Å². The SMILES string of the molecule is CNc1ccc(C(=O)NCCn2ccnn2)cc1[N+](=O)[O-]. The molecule has 110 valence electrons. The van der Waals surface area contributed by atoms with Gasteiger partial charge >= 0.3 is 0 Å². The Labute approximate surface area is 120 Å². The van der Waals surface area contributed by atoms with Crippen LogP contribution in [0.3, 0.4) is 0 Å². The molecular weight excluding hydrogens is 276 g/mol. The van der Waals surface area contributed by atoms with Crippen LogP contribution < -0.4 is 10.6 Å². The minimum absolute atomic E-state index is 0.138. The average Bonchev–Trinajstić information content (AvgIpc) is 2.99. The molecule has 0 aliphatic heterocycles. The molecule has 9 heteroatoms. The number of carbonyl (C=O) groups excluding carboxylic acids is 1. The first kappa shape index (κ1) is 14.4. The minimum atomic E-state index is -0.530. The first-order valence-corrected chi connectivity index (χ1v) is 6.20. The molecule has 0 spiro atoms.